The van der Waals surface area contributed by atoms with Crippen LogP contribution < -0.4 is 5.32 Å². The van der Waals surface area contributed by atoms with Crippen LogP contribution in [0.15, 0.2) is 24.4 Å². The minimum absolute atomic E-state index is 0. The first kappa shape index (κ1) is 18.0. The van der Waals surface area contributed by atoms with Crippen LogP contribution in [-0.4, -0.2) is 46.1 Å². The predicted molar refractivity (Wildman–Crippen MR) is 98.4 cm³/mol. The summed E-state index contributed by atoms with van der Waals surface area (Å²) in [5, 5.41) is 13.0. The fraction of sp³-hybridized carbons (Fsp3) is 0.500. The summed E-state index contributed by atoms with van der Waals surface area (Å²) in [6.45, 7) is 5.41. The van der Waals surface area contributed by atoms with E-state index in [0.29, 0.717) is 15.5 Å². The highest BCUT2D eigenvalue weighted by Crippen LogP contribution is 2.36. The number of likely N-dealkylation sites (tertiary alicyclic amines) is 1. The Kier molecular flexibility index (Phi) is 5.37. The standard InChI is InChI=1S/C16H19Cl2N5.ClH/c17-13-2-1-3-14(15(13)18)23-9-12(20-21-23)8-22-7-5-16(11-22)4-6-19-10-16;/h1-3,9,19H,4-8,10-11H2;1H. The maximum absolute atomic E-state index is 6.25. The van der Waals surface area contributed by atoms with Gasteiger partial charge in [0.2, 0.25) is 0 Å². The van der Waals surface area contributed by atoms with Crippen LogP contribution in [0.2, 0.25) is 10.0 Å². The van der Waals surface area contributed by atoms with Gasteiger partial charge in [-0.15, -0.1) is 17.5 Å². The van der Waals surface area contributed by atoms with Gasteiger partial charge in [-0.2, -0.15) is 0 Å². The van der Waals surface area contributed by atoms with Crippen molar-refractivity contribution >= 4 is 35.6 Å². The average Bonchev–Trinajstić information content (AvgIpc) is 3.26. The average molecular weight is 389 g/mol. The number of benzene rings is 1. The zero-order valence-electron chi connectivity index (χ0n) is 13.2. The Bertz CT molecular complexity index is 711. The van der Waals surface area contributed by atoms with Gasteiger partial charge in [-0.3, -0.25) is 4.90 Å². The zero-order chi connectivity index (χ0) is 15.9. The fourth-order valence-electron chi connectivity index (χ4n) is 3.69. The summed E-state index contributed by atoms with van der Waals surface area (Å²) in [4.78, 5) is 2.47. The maximum Gasteiger partial charge on any atom is 0.0971 e. The summed E-state index contributed by atoms with van der Waals surface area (Å²) in [5.41, 5.74) is 2.20. The van der Waals surface area contributed by atoms with E-state index in [1.54, 1.807) is 10.7 Å². The smallest absolute Gasteiger partial charge is 0.0971 e. The Hall–Kier alpha value is -0.850. The van der Waals surface area contributed by atoms with Gasteiger partial charge < -0.3 is 5.32 Å². The third-order valence-corrected chi connectivity index (χ3v) is 5.76. The van der Waals surface area contributed by atoms with Gasteiger partial charge in [0.25, 0.3) is 0 Å². The molecule has 5 nitrogen and oxygen atoms in total. The molecular formula is C16H20Cl3N5. The highest BCUT2D eigenvalue weighted by molar-refractivity contribution is 6.43. The molecule has 2 aliphatic rings. The molecule has 1 aromatic carbocycles. The number of nitrogens with one attached hydrogen (secondary N) is 1. The van der Waals surface area contributed by atoms with Gasteiger partial charge in [0.15, 0.2) is 0 Å². The van der Waals surface area contributed by atoms with E-state index in [4.69, 9.17) is 23.2 Å². The normalized spacial score (nSPS) is 23.8. The molecule has 0 aliphatic carbocycles. The van der Waals surface area contributed by atoms with E-state index in [1.807, 2.05) is 18.3 Å². The van der Waals surface area contributed by atoms with Crippen LogP contribution in [0, 0.1) is 5.41 Å². The molecule has 4 rings (SSSR count). The van der Waals surface area contributed by atoms with Crippen molar-refractivity contribution in [1.82, 2.24) is 25.2 Å². The molecule has 0 amide bonds. The molecular weight excluding hydrogens is 369 g/mol. The number of aromatic nitrogens is 3. The zero-order valence-corrected chi connectivity index (χ0v) is 15.5. The van der Waals surface area contributed by atoms with E-state index < -0.39 is 0 Å². The Morgan fingerprint density at radius 3 is 2.92 bits per heavy atom. The lowest BCUT2D eigenvalue weighted by atomic mass is 9.87. The Morgan fingerprint density at radius 1 is 1.25 bits per heavy atom. The maximum atomic E-state index is 6.25. The van der Waals surface area contributed by atoms with E-state index in [2.05, 4.69) is 20.5 Å². The molecule has 0 radical (unpaired) electrons. The third kappa shape index (κ3) is 3.41. The SMILES string of the molecule is Cl.Clc1cccc(-n2cc(CN3CCC4(CCNC4)C3)nn2)c1Cl. The number of hydrogen-bond donors (Lipinski definition) is 1. The van der Waals surface area contributed by atoms with Gasteiger partial charge in [-0.1, -0.05) is 34.5 Å². The molecule has 2 aromatic rings. The second kappa shape index (κ2) is 7.18. The summed E-state index contributed by atoms with van der Waals surface area (Å²) in [6, 6.07) is 5.52. The third-order valence-electron chi connectivity index (χ3n) is 4.95. The van der Waals surface area contributed by atoms with E-state index in [-0.39, 0.29) is 12.4 Å². The largest absolute Gasteiger partial charge is 0.316 e. The molecule has 2 saturated heterocycles. The van der Waals surface area contributed by atoms with Gasteiger partial charge in [0, 0.05) is 19.6 Å². The van der Waals surface area contributed by atoms with E-state index in [0.717, 1.165) is 44.1 Å². The van der Waals surface area contributed by atoms with Crippen LogP contribution in [-0.2, 0) is 6.54 Å². The highest BCUT2D eigenvalue weighted by atomic mass is 35.5. The molecule has 0 saturated carbocycles. The quantitative estimate of drug-likeness (QED) is 0.877. The highest BCUT2D eigenvalue weighted by Gasteiger charge is 2.40. The van der Waals surface area contributed by atoms with Crippen LogP contribution in [0.1, 0.15) is 18.5 Å². The lowest BCUT2D eigenvalue weighted by molar-refractivity contribution is 0.266. The molecule has 24 heavy (non-hydrogen) atoms. The first-order valence-corrected chi connectivity index (χ1v) is 8.70. The summed E-state index contributed by atoms with van der Waals surface area (Å²) < 4.78 is 1.70. The fourth-order valence-corrected chi connectivity index (χ4v) is 4.08. The first-order valence-electron chi connectivity index (χ1n) is 7.94. The van der Waals surface area contributed by atoms with E-state index >= 15 is 0 Å². The Morgan fingerprint density at radius 2 is 2.12 bits per heavy atom. The van der Waals surface area contributed by atoms with Gasteiger partial charge in [-0.05, 0) is 43.5 Å². The summed E-state index contributed by atoms with van der Waals surface area (Å²) >= 11 is 12.3. The second-order valence-electron chi connectivity index (χ2n) is 6.61. The number of hydrogen-bond acceptors (Lipinski definition) is 4. The van der Waals surface area contributed by atoms with Crippen molar-refractivity contribution < 1.29 is 0 Å². The summed E-state index contributed by atoms with van der Waals surface area (Å²) in [5.74, 6) is 0. The molecule has 1 atom stereocenters. The van der Waals surface area contributed by atoms with Crippen molar-refractivity contribution in [1.29, 1.82) is 0 Å². The molecule has 1 unspecified atom stereocenters. The van der Waals surface area contributed by atoms with Gasteiger partial charge in [0.05, 0.1) is 27.6 Å². The topological polar surface area (TPSA) is 46.0 Å². The van der Waals surface area contributed by atoms with E-state index in [1.165, 1.54) is 12.8 Å². The van der Waals surface area contributed by atoms with Crippen molar-refractivity contribution in [3.8, 4) is 5.69 Å². The molecule has 1 N–H and O–H groups in total. The van der Waals surface area contributed by atoms with Gasteiger partial charge >= 0.3 is 0 Å². The van der Waals surface area contributed by atoms with Crippen LogP contribution in [0.5, 0.6) is 0 Å². The summed E-state index contributed by atoms with van der Waals surface area (Å²) in [7, 11) is 0. The van der Waals surface area contributed by atoms with Crippen molar-refractivity contribution in [2.45, 2.75) is 19.4 Å². The molecule has 3 heterocycles. The second-order valence-corrected chi connectivity index (χ2v) is 7.40. The van der Waals surface area contributed by atoms with Gasteiger partial charge in [0.1, 0.15) is 0 Å². The molecule has 1 aromatic heterocycles. The molecule has 2 fully saturated rings. The van der Waals surface area contributed by atoms with Crippen molar-refractivity contribution in [3.05, 3.63) is 40.1 Å². The number of halogens is 3. The molecule has 0 bridgehead atoms. The Labute approximate surface area is 157 Å². The molecule has 8 heteroatoms. The number of rotatable bonds is 3. The van der Waals surface area contributed by atoms with Crippen LogP contribution in [0.3, 0.4) is 0 Å². The molecule has 2 aliphatic heterocycles. The van der Waals surface area contributed by atoms with Gasteiger partial charge in [-0.25, -0.2) is 4.68 Å². The van der Waals surface area contributed by atoms with Crippen LogP contribution in [0.4, 0.5) is 0 Å². The number of nitrogens with zero attached hydrogens (tertiary/aromatic N) is 4. The molecule has 1 spiro atoms. The van der Waals surface area contributed by atoms with E-state index in [9.17, 15) is 0 Å². The lowest BCUT2D eigenvalue weighted by Gasteiger charge is -2.22. The van der Waals surface area contributed by atoms with Crippen molar-refractivity contribution in [3.63, 3.8) is 0 Å². The lowest BCUT2D eigenvalue weighted by Crippen LogP contribution is -2.29. The summed E-state index contributed by atoms with van der Waals surface area (Å²) in [6.07, 6.45) is 4.50. The predicted octanol–water partition coefficient (Wildman–Crippen LogP) is 3.18. The van der Waals surface area contributed by atoms with Crippen molar-refractivity contribution in [2.75, 3.05) is 26.2 Å². The minimum atomic E-state index is 0. The van der Waals surface area contributed by atoms with Crippen LogP contribution >= 0.6 is 35.6 Å². The van der Waals surface area contributed by atoms with Crippen LogP contribution in [0.25, 0.3) is 5.69 Å². The first-order chi connectivity index (χ1) is 11.2. The Balaban J connectivity index is 0.00000169. The van der Waals surface area contributed by atoms with Crippen molar-refractivity contribution in [2.24, 2.45) is 5.41 Å². The molecule has 130 valence electrons. The monoisotopic (exact) mass is 387 g/mol. The minimum Gasteiger partial charge on any atom is -0.316 e.